The highest BCUT2D eigenvalue weighted by Crippen LogP contribution is 2.35. The highest BCUT2D eigenvalue weighted by molar-refractivity contribution is 6.33. The molecule has 0 radical (unpaired) electrons. The minimum absolute atomic E-state index is 0.310. The van der Waals surface area contributed by atoms with Crippen molar-refractivity contribution in [2.24, 2.45) is 0 Å². The second-order valence-corrected chi connectivity index (χ2v) is 5.93. The normalized spacial score (nSPS) is 11.0. The van der Waals surface area contributed by atoms with E-state index in [0.717, 1.165) is 17.0 Å². The van der Waals surface area contributed by atoms with Crippen molar-refractivity contribution in [3.8, 4) is 22.4 Å². The van der Waals surface area contributed by atoms with Crippen LogP contribution in [0, 0.1) is 11.6 Å². The van der Waals surface area contributed by atoms with Crippen LogP contribution < -0.4 is 0 Å². The molecule has 122 valence electrons. The van der Waals surface area contributed by atoms with Crippen molar-refractivity contribution in [1.29, 1.82) is 0 Å². The molecule has 0 fully saturated rings. The molecule has 2 heterocycles. The van der Waals surface area contributed by atoms with Crippen LogP contribution in [0.4, 0.5) is 8.78 Å². The predicted octanol–water partition coefficient (Wildman–Crippen LogP) is 5.90. The van der Waals surface area contributed by atoms with E-state index in [2.05, 4.69) is 9.97 Å². The lowest BCUT2D eigenvalue weighted by Crippen LogP contribution is -1.93. The third kappa shape index (κ3) is 2.75. The molecule has 0 saturated carbocycles. The van der Waals surface area contributed by atoms with Gasteiger partial charge in [-0.05, 0) is 35.9 Å². The largest absolute Gasteiger partial charge is 0.254 e. The Morgan fingerprint density at radius 3 is 2.36 bits per heavy atom. The lowest BCUT2D eigenvalue weighted by atomic mass is 9.99. The molecule has 0 aliphatic carbocycles. The number of hydrogen-bond donors (Lipinski definition) is 0. The molecule has 0 saturated heterocycles. The van der Waals surface area contributed by atoms with Gasteiger partial charge in [0.05, 0.1) is 16.2 Å². The van der Waals surface area contributed by atoms with E-state index in [1.807, 2.05) is 18.2 Å². The molecule has 0 aliphatic heterocycles. The monoisotopic (exact) mass is 352 g/mol. The Morgan fingerprint density at radius 1 is 0.760 bits per heavy atom. The summed E-state index contributed by atoms with van der Waals surface area (Å²) in [5.41, 5.74) is 2.91. The van der Waals surface area contributed by atoms with E-state index in [-0.39, 0.29) is 0 Å². The third-order valence-electron chi connectivity index (χ3n) is 4.01. The van der Waals surface area contributed by atoms with Gasteiger partial charge in [-0.2, -0.15) is 0 Å². The number of pyridine rings is 2. The van der Waals surface area contributed by atoms with Crippen molar-refractivity contribution >= 4 is 22.5 Å². The van der Waals surface area contributed by atoms with Gasteiger partial charge in [-0.15, -0.1) is 0 Å². The van der Waals surface area contributed by atoms with Gasteiger partial charge in [0.15, 0.2) is 0 Å². The van der Waals surface area contributed by atoms with Gasteiger partial charge in [0, 0.05) is 35.0 Å². The number of rotatable bonds is 2. The summed E-state index contributed by atoms with van der Waals surface area (Å²) in [6.45, 7) is 0. The van der Waals surface area contributed by atoms with Gasteiger partial charge in [-0.25, -0.2) is 8.78 Å². The number of fused-ring (bicyclic) bond motifs is 1. The Bertz CT molecular complexity index is 1100. The fraction of sp³-hybridized carbons (Fsp3) is 0. The fourth-order valence-corrected chi connectivity index (χ4v) is 3.10. The van der Waals surface area contributed by atoms with Gasteiger partial charge < -0.3 is 0 Å². The molecule has 2 aromatic heterocycles. The van der Waals surface area contributed by atoms with E-state index in [9.17, 15) is 8.78 Å². The van der Waals surface area contributed by atoms with E-state index in [1.54, 1.807) is 30.6 Å². The highest BCUT2D eigenvalue weighted by Gasteiger charge is 2.15. The average Bonchev–Trinajstić information content (AvgIpc) is 2.62. The van der Waals surface area contributed by atoms with E-state index in [0.29, 0.717) is 27.4 Å². The van der Waals surface area contributed by atoms with Gasteiger partial charge in [-0.3, -0.25) is 9.97 Å². The molecular weight excluding hydrogens is 342 g/mol. The number of nitrogens with zero attached hydrogens (tertiary/aromatic N) is 2. The summed E-state index contributed by atoms with van der Waals surface area (Å²) in [5.74, 6) is -1.23. The Kier molecular flexibility index (Phi) is 3.90. The van der Waals surface area contributed by atoms with Crippen LogP contribution in [0.25, 0.3) is 33.3 Å². The number of aromatic nitrogens is 2. The van der Waals surface area contributed by atoms with Crippen LogP contribution in [0.2, 0.25) is 5.02 Å². The highest BCUT2D eigenvalue weighted by atomic mass is 35.5. The van der Waals surface area contributed by atoms with Crippen LogP contribution >= 0.6 is 11.6 Å². The van der Waals surface area contributed by atoms with Crippen molar-refractivity contribution in [2.75, 3.05) is 0 Å². The quantitative estimate of drug-likeness (QED) is 0.449. The molecule has 0 amide bonds. The summed E-state index contributed by atoms with van der Waals surface area (Å²) in [7, 11) is 0. The minimum atomic E-state index is -0.622. The van der Waals surface area contributed by atoms with Crippen molar-refractivity contribution in [3.05, 3.63) is 83.6 Å². The molecule has 2 nitrogen and oxygen atoms in total. The molecule has 0 aliphatic rings. The molecule has 5 heteroatoms. The van der Waals surface area contributed by atoms with E-state index >= 15 is 0 Å². The maximum Gasteiger partial charge on any atom is 0.133 e. The van der Waals surface area contributed by atoms with Gasteiger partial charge in [0.2, 0.25) is 0 Å². The van der Waals surface area contributed by atoms with Crippen LogP contribution in [0.5, 0.6) is 0 Å². The lowest BCUT2D eigenvalue weighted by Gasteiger charge is -2.11. The zero-order chi connectivity index (χ0) is 17.4. The molecule has 2 aromatic carbocycles. The Balaban J connectivity index is 2.01. The van der Waals surface area contributed by atoms with Crippen LogP contribution in [0.3, 0.4) is 0 Å². The molecule has 25 heavy (non-hydrogen) atoms. The summed E-state index contributed by atoms with van der Waals surface area (Å²) >= 11 is 6.29. The molecular formula is C20H11ClF2N2. The first kappa shape index (κ1) is 15.7. The maximum absolute atomic E-state index is 14.3. The maximum atomic E-state index is 14.3. The van der Waals surface area contributed by atoms with Crippen molar-refractivity contribution in [1.82, 2.24) is 9.97 Å². The number of halogens is 3. The summed E-state index contributed by atoms with van der Waals surface area (Å²) in [4.78, 5) is 8.82. The van der Waals surface area contributed by atoms with E-state index in [1.165, 1.54) is 12.1 Å². The summed E-state index contributed by atoms with van der Waals surface area (Å²) in [5, 5.41) is 1.28. The van der Waals surface area contributed by atoms with Gasteiger partial charge in [-0.1, -0.05) is 29.8 Å². The number of hydrogen-bond acceptors (Lipinski definition) is 2. The summed E-state index contributed by atoms with van der Waals surface area (Å²) < 4.78 is 27.5. The average molecular weight is 353 g/mol. The zero-order valence-electron chi connectivity index (χ0n) is 12.9. The number of benzene rings is 2. The topological polar surface area (TPSA) is 25.8 Å². The molecule has 0 N–H and O–H groups in total. The van der Waals surface area contributed by atoms with Crippen LogP contribution in [-0.2, 0) is 0 Å². The predicted molar refractivity (Wildman–Crippen MR) is 95.3 cm³/mol. The second kappa shape index (κ2) is 6.22. The van der Waals surface area contributed by atoms with Crippen LogP contribution in [0.1, 0.15) is 0 Å². The van der Waals surface area contributed by atoms with Gasteiger partial charge in [0.1, 0.15) is 11.6 Å². The standard InChI is InChI=1S/C20H11ClF2N2/c21-17-4-2-1-3-16(17)20-19-15(8-10-25-20)13(7-9-24-19)14-6-5-12(22)11-18(14)23/h1-11H. The molecule has 4 aromatic rings. The molecule has 0 bridgehead atoms. The Hall–Kier alpha value is -2.85. The first-order valence-electron chi connectivity index (χ1n) is 7.59. The Labute approximate surface area is 147 Å². The SMILES string of the molecule is Fc1ccc(-c2ccnc3c(-c4ccccc4Cl)nccc23)c(F)c1. The molecule has 0 spiro atoms. The van der Waals surface area contributed by atoms with Crippen molar-refractivity contribution in [2.45, 2.75) is 0 Å². The van der Waals surface area contributed by atoms with E-state index < -0.39 is 11.6 Å². The Morgan fingerprint density at radius 2 is 1.56 bits per heavy atom. The van der Waals surface area contributed by atoms with Crippen molar-refractivity contribution < 1.29 is 8.78 Å². The van der Waals surface area contributed by atoms with Gasteiger partial charge >= 0.3 is 0 Å². The van der Waals surface area contributed by atoms with Crippen LogP contribution in [-0.4, -0.2) is 9.97 Å². The van der Waals surface area contributed by atoms with E-state index in [4.69, 9.17) is 11.6 Å². The lowest BCUT2D eigenvalue weighted by molar-refractivity contribution is 0.585. The zero-order valence-corrected chi connectivity index (χ0v) is 13.6. The van der Waals surface area contributed by atoms with Crippen LogP contribution in [0.15, 0.2) is 67.0 Å². The first-order chi connectivity index (χ1) is 12.1. The van der Waals surface area contributed by atoms with Crippen molar-refractivity contribution in [3.63, 3.8) is 0 Å². The molecule has 0 unspecified atom stereocenters. The summed E-state index contributed by atoms with van der Waals surface area (Å²) in [6, 6.07) is 14.3. The smallest absolute Gasteiger partial charge is 0.133 e. The fourth-order valence-electron chi connectivity index (χ4n) is 2.87. The third-order valence-corrected chi connectivity index (χ3v) is 4.34. The second-order valence-electron chi connectivity index (χ2n) is 5.52. The first-order valence-corrected chi connectivity index (χ1v) is 7.97. The molecule has 0 atom stereocenters. The minimum Gasteiger partial charge on any atom is -0.254 e. The summed E-state index contributed by atoms with van der Waals surface area (Å²) in [6.07, 6.45) is 3.22. The van der Waals surface area contributed by atoms with Gasteiger partial charge in [0.25, 0.3) is 0 Å². The molecule has 4 rings (SSSR count).